The number of imidazole rings is 1. The number of phenols is 1. The van der Waals surface area contributed by atoms with E-state index < -0.39 is 0 Å². The molecule has 8 nitrogen and oxygen atoms in total. The summed E-state index contributed by atoms with van der Waals surface area (Å²) in [6.07, 6.45) is 4.24. The molecule has 0 fully saturated rings. The standard InChI is InChI=1S/C22H35BrN6O2/c1-4-7-8-16(5-2)27-22-28-20(26-12-11-24)19(21(31)25-6-3)29(22)14-15-9-10-18(30)17(23)13-15/h9-10,13,16,26,30H,4-8,11-12,14,24H2,1-3H3,(H,25,31)(H,27,28). The van der Waals surface area contributed by atoms with E-state index >= 15 is 0 Å². The van der Waals surface area contributed by atoms with Crippen molar-refractivity contribution >= 4 is 33.6 Å². The van der Waals surface area contributed by atoms with Crippen molar-refractivity contribution in [1.29, 1.82) is 0 Å². The first-order valence-corrected chi connectivity index (χ1v) is 11.8. The Morgan fingerprint density at radius 2 is 2.10 bits per heavy atom. The summed E-state index contributed by atoms with van der Waals surface area (Å²) in [7, 11) is 0. The first-order chi connectivity index (χ1) is 14.9. The zero-order chi connectivity index (χ0) is 22.8. The molecule has 0 aliphatic heterocycles. The van der Waals surface area contributed by atoms with Gasteiger partial charge in [0.2, 0.25) is 5.95 Å². The van der Waals surface area contributed by atoms with E-state index in [0.29, 0.717) is 48.1 Å². The van der Waals surface area contributed by atoms with Gasteiger partial charge in [0.15, 0.2) is 11.5 Å². The monoisotopic (exact) mass is 494 g/mol. The first-order valence-electron chi connectivity index (χ1n) is 11.0. The van der Waals surface area contributed by atoms with Gasteiger partial charge in [-0.3, -0.25) is 9.36 Å². The highest BCUT2D eigenvalue weighted by molar-refractivity contribution is 9.10. The molecule has 0 bridgehead atoms. The van der Waals surface area contributed by atoms with Crippen LogP contribution in [0.25, 0.3) is 0 Å². The zero-order valence-corrected chi connectivity index (χ0v) is 20.3. The Bertz CT molecular complexity index is 855. The topological polar surface area (TPSA) is 117 Å². The van der Waals surface area contributed by atoms with Gasteiger partial charge in [0, 0.05) is 25.7 Å². The molecule has 31 heavy (non-hydrogen) atoms. The van der Waals surface area contributed by atoms with E-state index in [1.807, 2.05) is 23.6 Å². The molecular formula is C22H35BrN6O2. The van der Waals surface area contributed by atoms with Gasteiger partial charge in [-0.25, -0.2) is 0 Å². The number of hydrogen-bond donors (Lipinski definition) is 5. The second-order valence-electron chi connectivity index (χ2n) is 7.47. The lowest BCUT2D eigenvalue weighted by Gasteiger charge is -2.19. The van der Waals surface area contributed by atoms with E-state index in [9.17, 15) is 9.90 Å². The van der Waals surface area contributed by atoms with Crippen molar-refractivity contribution in [1.82, 2.24) is 14.9 Å². The predicted molar refractivity (Wildman–Crippen MR) is 130 cm³/mol. The number of amides is 1. The van der Waals surface area contributed by atoms with Crippen molar-refractivity contribution in [3.8, 4) is 5.75 Å². The number of unbranched alkanes of at least 4 members (excludes halogenated alkanes) is 1. The third-order valence-corrected chi connectivity index (χ3v) is 5.68. The third-order valence-electron chi connectivity index (χ3n) is 5.04. The minimum atomic E-state index is -0.193. The van der Waals surface area contributed by atoms with Crippen molar-refractivity contribution < 1.29 is 9.90 Å². The molecule has 6 N–H and O–H groups in total. The van der Waals surface area contributed by atoms with Crippen LogP contribution >= 0.6 is 15.9 Å². The molecule has 0 saturated heterocycles. The normalized spacial score (nSPS) is 11.9. The summed E-state index contributed by atoms with van der Waals surface area (Å²) in [6.45, 7) is 8.11. The predicted octanol–water partition coefficient (Wildman–Crippen LogP) is 3.90. The average Bonchev–Trinajstić information content (AvgIpc) is 3.09. The summed E-state index contributed by atoms with van der Waals surface area (Å²) in [4.78, 5) is 17.7. The molecule has 1 aromatic heterocycles. The summed E-state index contributed by atoms with van der Waals surface area (Å²) in [5.41, 5.74) is 7.07. The number of nitrogens with zero attached hydrogens (tertiary/aromatic N) is 2. The van der Waals surface area contributed by atoms with Crippen LogP contribution in [0.15, 0.2) is 22.7 Å². The van der Waals surface area contributed by atoms with E-state index in [1.54, 1.807) is 6.07 Å². The van der Waals surface area contributed by atoms with Crippen LogP contribution in [0.3, 0.4) is 0 Å². The lowest BCUT2D eigenvalue weighted by molar-refractivity contribution is 0.0948. The highest BCUT2D eigenvalue weighted by Gasteiger charge is 2.24. The Morgan fingerprint density at radius 3 is 2.71 bits per heavy atom. The number of phenolic OH excluding ortho intramolecular Hbond substituents is 1. The van der Waals surface area contributed by atoms with E-state index in [1.165, 1.54) is 0 Å². The fraction of sp³-hybridized carbons (Fsp3) is 0.545. The molecule has 1 aromatic carbocycles. The number of aromatic hydroxyl groups is 1. The summed E-state index contributed by atoms with van der Waals surface area (Å²) in [6, 6.07) is 5.59. The highest BCUT2D eigenvalue weighted by Crippen LogP contribution is 2.28. The van der Waals surface area contributed by atoms with Gasteiger partial charge in [-0.05, 0) is 53.4 Å². The van der Waals surface area contributed by atoms with E-state index in [0.717, 1.165) is 31.2 Å². The molecule has 0 radical (unpaired) electrons. The number of anilines is 2. The number of halogens is 1. The van der Waals surface area contributed by atoms with Gasteiger partial charge >= 0.3 is 0 Å². The number of nitrogens with two attached hydrogens (primary N) is 1. The summed E-state index contributed by atoms with van der Waals surface area (Å²) in [5, 5.41) is 19.5. The van der Waals surface area contributed by atoms with Crippen LogP contribution < -0.4 is 21.7 Å². The van der Waals surface area contributed by atoms with E-state index in [-0.39, 0.29) is 17.7 Å². The maximum absolute atomic E-state index is 13.0. The molecule has 9 heteroatoms. The Kier molecular flexibility index (Phi) is 10.1. The van der Waals surface area contributed by atoms with Crippen molar-refractivity contribution in [3.05, 3.63) is 33.9 Å². The van der Waals surface area contributed by atoms with E-state index in [2.05, 4.69) is 45.7 Å². The Morgan fingerprint density at radius 1 is 1.32 bits per heavy atom. The SMILES string of the molecule is CCCCC(CC)Nc1nc(NCCN)c(C(=O)NCC)n1Cc1ccc(O)c(Br)c1. The van der Waals surface area contributed by atoms with Crippen molar-refractivity contribution in [2.75, 3.05) is 30.3 Å². The molecule has 0 aliphatic rings. The molecule has 172 valence electrons. The van der Waals surface area contributed by atoms with Crippen molar-refractivity contribution in [2.24, 2.45) is 5.73 Å². The average molecular weight is 495 g/mol. The lowest BCUT2D eigenvalue weighted by atomic mass is 10.1. The molecule has 1 unspecified atom stereocenters. The number of carbonyl (C=O) groups is 1. The van der Waals surface area contributed by atoms with Crippen LogP contribution in [0, 0.1) is 0 Å². The summed E-state index contributed by atoms with van der Waals surface area (Å²) >= 11 is 3.37. The lowest BCUT2D eigenvalue weighted by Crippen LogP contribution is -2.28. The maximum atomic E-state index is 13.0. The van der Waals surface area contributed by atoms with Gasteiger partial charge in [-0.1, -0.05) is 32.8 Å². The molecule has 1 atom stereocenters. The van der Waals surface area contributed by atoms with Crippen LogP contribution in [-0.4, -0.2) is 46.2 Å². The molecular weight excluding hydrogens is 460 g/mol. The molecule has 2 aromatic rings. The van der Waals surface area contributed by atoms with Gasteiger partial charge in [0.25, 0.3) is 5.91 Å². The van der Waals surface area contributed by atoms with Gasteiger partial charge < -0.3 is 26.8 Å². The maximum Gasteiger partial charge on any atom is 0.271 e. The van der Waals surface area contributed by atoms with Crippen LogP contribution in [0.4, 0.5) is 11.8 Å². The first kappa shape index (κ1) is 25.0. The number of carbonyl (C=O) groups excluding carboxylic acids is 1. The van der Waals surface area contributed by atoms with Gasteiger partial charge in [-0.2, -0.15) is 4.98 Å². The summed E-state index contributed by atoms with van der Waals surface area (Å²) < 4.78 is 2.51. The fourth-order valence-electron chi connectivity index (χ4n) is 3.35. The van der Waals surface area contributed by atoms with Crippen LogP contribution in [-0.2, 0) is 6.54 Å². The van der Waals surface area contributed by atoms with Crippen LogP contribution in [0.1, 0.15) is 62.5 Å². The molecule has 0 aliphatic carbocycles. The largest absolute Gasteiger partial charge is 0.507 e. The third kappa shape index (κ3) is 6.87. The van der Waals surface area contributed by atoms with E-state index in [4.69, 9.17) is 10.7 Å². The second kappa shape index (κ2) is 12.6. The van der Waals surface area contributed by atoms with Crippen molar-refractivity contribution in [3.63, 3.8) is 0 Å². The van der Waals surface area contributed by atoms with Gasteiger partial charge in [0.1, 0.15) is 5.75 Å². The van der Waals surface area contributed by atoms with Crippen molar-refractivity contribution in [2.45, 2.75) is 59.0 Å². The summed E-state index contributed by atoms with van der Waals surface area (Å²) in [5.74, 6) is 1.14. The highest BCUT2D eigenvalue weighted by atomic mass is 79.9. The zero-order valence-electron chi connectivity index (χ0n) is 18.7. The molecule has 0 saturated carbocycles. The second-order valence-corrected chi connectivity index (χ2v) is 8.33. The minimum absolute atomic E-state index is 0.174. The molecule has 2 rings (SSSR count). The van der Waals surface area contributed by atoms with Crippen LogP contribution in [0.5, 0.6) is 5.75 Å². The Labute approximate surface area is 193 Å². The minimum Gasteiger partial charge on any atom is -0.507 e. The quantitative estimate of drug-likeness (QED) is 0.288. The van der Waals surface area contributed by atoms with Gasteiger partial charge in [0.05, 0.1) is 11.0 Å². The Balaban J connectivity index is 2.51. The smallest absolute Gasteiger partial charge is 0.271 e. The number of hydrogen-bond acceptors (Lipinski definition) is 6. The molecule has 1 heterocycles. The number of aromatic nitrogens is 2. The molecule has 0 spiro atoms. The van der Waals surface area contributed by atoms with Crippen LogP contribution in [0.2, 0.25) is 0 Å². The molecule has 1 amide bonds. The fourth-order valence-corrected chi connectivity index (χ4v) is 3.77. The number of nitrogens with one attached hydrogen (secondary N) is 3. The number of benzene rings is 1. The Hall–Kier alpha value is -2.26. The number of rotatable bonds is 13. The van der Waals surface area contributed by atoms with Gasteiger partial charge in [-0.15, -0.1) is 0 Å².